The molecule has 0 aromatic rings. The smallest absolute Gasteiger partial charge is 0.155 e. The average Bonchev–Trinajstić information content (AvgIpc) is 3.23. The van der Waals surface area contributed by atoms with E-state index in [0.29, 0.717) is 23.5 Å². The Morgan fingerprint density at radius 3 is 2.78 bits per heavy atom. The van der Waals surface area contributed by atoms with Gasteiger partial charge >= 0.3 is 0 Å². The number of carbonyl (C=O) groups excluding carboxylic acids is 1. The Bertz CT molecular complexity index is 585. The fourth-order valence-corrected chi connectivity index (χ4v) is 6.14. The summed E-state index contributed by atoms with van der Waals surface area (Å²) in [5.41, 5.74) is 1.75. The Morgan fingerprint density at radius 2 is 2.00 bits per heavy atom. The van der Waals surface area contributed by atoms with Gasteiger partial charge in [-0.15, -0.1) is 0 Å². The molecule has 3 saturated carbocycles. The van der Waals surface area contributed by atoms with E-state index in [9.17, 15) is 10.1 Å². The topological polar surface area (TPSA) is 40.9 Å². The zero-order chi connectivity index (χ0) is 16.2. The average molecular weight is 311 g/mol. The summed E-state index contributed by atoms with van der Waals surface area (Å²) in [4.78, 5) is 11.9. The highest BCUT2D eigenvalue weighted by molar-refractivity contribution is 5.91. The zero-order valence-corrected chi connectivity index (χ0v) is 14.6. The summed E-state index contributed by atoms with van der Waals surface area (Å²) in [6.07, 6.45) is 11.2. The Balaban J connectivity index is 1.64. The van der Waals surface area contributed by atoms with Crippen LogP contribution in [0.1, 0.15) is 65.2 Å². The minimum atomic E-state index is 0.238. The molecule has 23 heavy (non-hydrogen) atoms. The van der Waals surface area contributed by atoms with Gasteiger partial charge in [0.25, 0.3) is 0 Å². The second kappa shape index (κ2) is 5.47. The summed E-state index contributed by atoms with van der Waals surface area (Å²) in [6.45, 7) is 4.80. The third-order valence-electron chi connectivity index (χ3n) is 7.91. The number of nitrogens with zero attached hydrogens (tertiary/aromatic N) is 1. The fraction of sp³-hybridized carbons (Fsp3) is 0.810. The summed E-state index contributed by atoms with van der Waals surface area (Å²) in [7, 11) is 0. The van der Waals surface area contributed by atoms with E-state index in [4.69, 9.17) is 0 Å². The van der Waals surface area contributed by atoms with Crippen molar-refractivity contribution in [2.24, 2.45) is 40.9 Å². The predicted octanol–water partition coefficient (Wildman–Crippen LogP) is 4.90. The first-order chi connectivity index (χ1) is 11.0. The number of fused-ring (bicyclic) bond motifs is 4. The van der Waals surface area contributed by atoms with Crippen LogP contribution in [0.4, 0.5) is 0 Å². The number of hydrogen-bond donors (Lipinski definition) is 0. The highest BCUT2D eigenvalue weighted by Gasteiger charge is 2.52. The van der Waals surface area contributed by atoms with Gasteiger partial charge in [0.1, 0.15) is 0 Å². The molecule has 0 aliphatic heterocycles. The molecule has 0 unspecified atom stereocenters. The Kier molecular flexibility index (Phi) is 3.67. The van der Waals surface area contributed by atoms with E-state index >= 15 is 0 Å². The van der Waals surface area contributed by atoms with Crippen molar-refractivity contribution in [3.63, 3.8) is 0 Å². The first kappa shape index (κ1) is 15.4. The minimum absolute atomic E-state index is 0.238. The van der Waals surface area contributed by atoms with Gasteiger partial charge in [-0.25, -0.2) is 0 Å². The molecule has 0 saturated heterocycles. The molecular weight excluding hydrogens is 282 g/mol. The Hall–Kier alpha value is -1.10. The van der Waals surface area contributed by atoms with Crippen molar-refractivity contribution in [3.05, 3.63) is 11.6 Å². The normalized spacial score (nSPS) is 49.3. The van der Waals surface area contributed by atoms with Crippen LogP contribution >= 0.6 is 0 Å². The van der Waals surface area contributed by atoms with E-state index in [0.717, 1.165) is 31.1 Å². The van der Waals surface area contributed by atoms with Crippen LogP contribution in [0.25, 0.3) is 0 Å². The Labute approximate surface area is 140 Å². The number of hydrogen-bond acceptors (Lipinski definition) is 2. The van der Waals surface area contributed by atoms with Crippen LogP contribution in [0, 0.1) is 52.3 Å². The number of ketones is 1. The van der Waals surface area contributed by atoms with Gasteiger partial charge in [-0.3, -0.25) is 4.79 Å². The van der Waals surface area contributed by atoms with Crippen molar-refractivity contribution in [2.45, 2.75) is 65.2 Å². The molecule has 4 aliphatic carbocycles. The quantitative estimate of drug-likeness (QED) is 0.638. The van der Waals surface area contributed by atoms with Gasteiger partial charge < -0.3 is 0 Å². The van der Waals surface area contributed by atoms with Crippen LogP contribution in [0.5, 0.6) is 0 Å². The molecule has 0 aromatic carbocycles. The van der Waals surface area contributed by atoms with Crippen molar-refractivity contribution in [3.8, 4) is 6.07 Å². The summed E-state index contributed by atoms with van der Waals surface area (Å²) in [5, 5.41) is 9.62. The highest BCUT2D eigenvalue weighted by Crippen LogP contribution is 2.60. The maximum atomic E-state index is 11.9. The first-order valence-corrected chi connectivity index (χ1v) is 9.67. The molecule has 7 atom stereocenters. The SMILES string of the molecule is C[C@@H]1CC[C@@]2(C)[C@@H](CC[C@@H]2C#N)C[C@H]2C[C@H]2C2=CC(=O)CC[C@@H]21. The van der Waals surface area contributed by atoms with E-state index in [1.165, 1.54) is 37.7 Å². The van der Waals surface area contributed by atoms with Crippen LogP contribution in [0.3, 0.4) is 0 Å². The van der Waals surface area contributed by atoms with Gasteiger partial charge in [0, 0.05) is 6.42 Å². The zero-order valence-electron chi connectivity index (χ0n) is 14.6. The molecule has 4 aliphatic rings. The molecule has 124 valence electrons. The van der Waals surface area contributed by atoms with Crippen molar-refractivity contribution in [1.29, 1.82) is 5.26 Å². The summed E-state index contributed by atoms with van der Waals surface area (Å²) < 4.78 is 0. The van der Waals surface area contributed by atoms with Crippen LogP contribution in [0.15, 0.2) is 11.6 Å². The fourth-order valence-electron chi connectivity index (χ4n) is 6.14. The van der Waals surface area contributed by atoms with Crippen molar-refractivity contribution >= 4 is 5.78 Å². The summed E-state index contributed by atoms with van der Waals surface area (Å²) in [5.74, 6) is 4.12. The largest absolute Gasteiger partial charge is 0.295 e. The monoisotopic (exact) mass is 311 g/mol. The van der Waals surface area contributed by atoms with Gasteiger partial charge in [-0.2, -0.15) is 5.26 Å². The summed E-state index contributed by atoms with van der Waals surface area (Å²) in [6, 6.07) is 2.64. The molecule has 0 N–H and O–H groups in total. The second-order valence-corrected chi connectivity index (χ2v) is 9.07. The third-order valence-corrected chi connectivity index (χ3v) is 7.91. The number of allylic oxidation sites excluding steroid dienone is 2. The van der Waals surface area contributed by atoms with E-state index in [-0.39, 0.29) is 11.3 Å². The number of rotatable bonds is 0. The third kappa shape index (κ3) is 2.48. The maximum absolute atomic E-state index is 11.9. The lowest BCUT2D eigenvalue weighted by atomic mass is 9.65. The molecule has 0 bridgehead atoms. The van der Waals surface area contributed by atoms with E-state index in [1.54, 1.807) is 0 Å². The summed E-state index contributed by atoms with van der Waals surface area (Å²) >= 11 is 0. The second-order valence-electron chi connectivity index (χ2n) is 9.07. The Morgan fingerprint density at radius 1 is 1.17 bits per heavy atom. The molecule has 4 rings (SSSR count). The standard InChI is InChI=1S/C21H29NO/c1-13-7-8-21(2)15(3-4-16(21)12-22)9-14-10-19(14)20-11-17(23)5-6-18(13)20/h11,13-16,18-19H,3-10H2,1-2H3/t13-,14+,15+,16-,18-,19-,21+/m1/s1. The van der Waals surface area contributed by atoms with Crippen LogP contribution < -0.4 is 0 Å². The van der Waals surface area contributed by atoms with E-state index < -0.39 is 0 Å². The van der Waals surface area contributed by atoms with Gasteiger partial charge in [-0.05, 0) is 86.0 Å². The molecule has 2 heteroatoms. The molecule has 2 nitrogen and oxygen atoms in total. The van der Waals surface area contributed by atoms with Gasteiger partial charge in [0.2, 0.25) is 0 Å². The van der Waals surface area contributed by atoms with Crippen LogP contribution in [0.2, 0.25) is 0 Å². The first-order valence-electron chi connectivity index (χ1n) is 9.67. The maximum Gasteiger partial charge on any atom is 0.155 e. The van der Waals surface area contributed by atoms with Crippen LogP contribution in [-0.4, -0.2) is 5.78 Å². The van der Waals surface area contributed by atoms with Crippen molar-refractivity contribution in [1.82, 2.24) is 0 Å². The van der Waals surface area contributed by atoms with Gasteiger partial charge in [0.05, 0.1) is 12.0 Å². The van der Waals surface area contributed by atoms with Crippen molar-refractivity contribution < 1.29 is 4.79 Å². The molecule has 0 heterocycles. The molecule has 3 fully saturated rings. The lowest BCUT2D eigenvalue weighted by Crippen LogP contribution is -2.32. The lowest BCUT2D eigenvalue weighted by molar-refractivity contribution is -0.115. The number of carbonyl (C=O) groups is 1. The highest BCUT2D eigenvalue weighted by atomic mass is 16.1. The van der Waals surface area contributed by atoms with Crippen LogP contribution in [-0.2, 0) is 4.79 Å². The van der Waals surface area contributed by atoms with Gasteiger partial charge in [0.15, 0.2) is 5.78 Å². The minimum Gasteiger partial charge on any atom is -0.295 e. The molecule has 0 aromatic heterocycles. The van der Waals surface area contributed by atoms with E-state index in [1.807, 2.05) is 6.08 Å². The van der Waals surface area contributed by atoms with E-state index in [2.05, 4.69) is 19.9 Å². The van der Waals surface area contributed by atoms with Gasteiger partial charge in [-0.1, -0.05) is 19.4 Å². The number of nitriles is 1. The predicted molar refractivity (Wildman–Crippen MR) is 90.4 cm³/mol. The molecular formula is C21H29NO. The molecule has 0 amide bonds. The van der Waals surface area contributed by atoms with Crippen molar-refractivity contribution in [2.75, 3.05) is 0 Å². The molecule has 0 spiro atoms. The molecule has 0 radical (unpaired) electrons. The lowest BCUT2D eigenvalue weighted by Gasteiger charge is -2.39.